The molecule has 1 aliphatic heterocycles. The molecule has 4 nitrogen and oxygen atoms in total. The van der Waals surface area contributed by atoms with Gasteiger partial charge in [0.25, 0.3) is 0 Å². The SMILES string of the molecule is O=C(Nc1cccc(Br)c1O)C1CCCCN1. The second-order valence-corrected chi connectivity index (χ2v) is 4.98. The summed E-state index contributed by atoms with van der Waals surface area (Å²) in [6.07, 6.45) is 3.03. The second-order valence-electron chi connectivity index (χ2n) is 4.13. The van der Waals surface area contributed by atoms with E-state index < -0.39 is 0 Å². The molecule has 2 rings (SSSR count). The molecule has 0 aromatic heterocycles. The smallest absolute Gasteiger partial charge is 0.241 e. The number of para-hydroxylation sites is 1. The van der Waals surface area contributed by atoms with E-state index in [2.05, 4.69) is 26.6 Å². The number of rotatable bonds is 2. The first-order valence-electron chi connectivity index (χ1n) is 5.70. The zero-order valence-electron chi connectivity index (χ0n) is 9.37. The van der Waals surface area contributed by atoms with E-state index in [1.807, 2.05) is 0 Å². The maximum absolute atomic E-state index is 11.9. The molecule has 0 radical (unpaired) electrons. The van der Waals surface area contributed by atoms with Crippen LogP contribution in [-0.4, -0.2) is 23.6 Å². The summed E-state index contributed by atoms with van der Waals surface area (Å²) in [5.74, 6) is -0.0187. The van der Waals surface area contributed by atoms with Crippen LogP contribution < -0.4 is 10.6 Å². The number of halogens is 1. The molecule has 1 unspecified atom stereocenters. The van der Waals surface area contributed by atoms with Gasteiger partial charge in [0.1, 0.15) is 0 Å². The molecule has 1 fully saturated rings. The van der Waals surface area contributed by atoms with Crippen LogP contribution in [0.5, 0.6) is 5.75 Å². The normalized spacial score (nSPS) is 19.9. The summed E-state index contributed by atoms with van der Waals surface area (Å²) in [5, 5.41) is 15.7. The Kier molecular flexibility index (Phi) is 4.02. The van der Waals surface area contributed by atoms with Gasteiger partial charge in [-0.1, -0.05) is 12.5 Å². The van der Waals surface area contributed by atoms with Crippen LogP contribution in [-0.2, 0) is 4.79 Å². The lowest BCUT2D eigenvalue weighted by atomic mass is 10.0. The Labute approximate surface area is 109 Å². The van der Waals surface area contributed by atoms with Crippen LogP contribution in [0.4, 0.5) is 5.69 Å². The van der Waals surface area contributed by atoms with E-state index in [0.717, 1.165) is 25.8 Å². The van der Waals surface area contributed by atoms with Crippen LogP contribution >= 0.6 is 15.9 Å². The number of amides is 1. The summed E-state index contributed by atoms with van der Waals surface area (Å²) >= 11 is 3.22. The number of nitrogens with one attached hydrogen (secondary N) is 2. The molecule has 0 saturated carbocycles. The monoisotopic (exact) mass is 298 g/mol. The van der Waals surface area contributed by atoms with Crippen LogP contribution in [0.3, 0.4) is 0 Å². The standard InChI is InChI=1S/C12H15BrN2O2/c13-8-4-3-6-9(11(8)16)15-12(17)10-5-1-2-7-14-10/h3-4,6,10,14,16H,1-2,5,7H2,(H,15,17). The van der Waals surface area contributed by atoms with E-state index in [-0.39, 0.29) is 17.7 Å². The molecule has 1 aromatic carbocycles. The lowest BCUT2D eigenvalue weighted by Crippen LogP contribution is -2.43. The van der Waals surface area contributed by atoms with E-state index in [1.54, 1.807) is 18.2 Å². The molecule has 3 N–H and O–H groups in total. The first-order chi connectivity index (χ1) is 8.18. The summed E-state index contributed by atoms with van der Waals surface area (Å²) < 4.78 is 0.576. The van der Waals surface area contributed by atoms with Crippen LogP contribution in [0, 0.1) is 0 Å². The van der Waals surface area contributed by atoms with Gasteiger partial charge in [-0.3, -0.25) is 4.79 Å². The van der Waals surface area contributed by atoms with Crippen LogP contribution in [0.15, 0.2) is 22.7 Å². The molecule has 1 aliphatic rings. The lowest BCUT2D eigenvalue weighted by Gasteiger charge is -2.22. The van der Waals surface area contributed by atoms with Gasteiger partial charge in [0, 0.05) is 0 Å². The molecule has 5 heteroatoms. The Balaban J connectivity index is 2.04. The van der Waals surface area contributed by atoms with Crippen LogP contribution in [0.2, 0.25) is 0 Å². The first-order valence-corrected chi connectivity index (χ1v) is 6.49. The Morgan fingerprint density at radius 3 is 3.00 bits per heavy atom. The Bertz CT molecular complexity index is 417. The topological polar surface area (TPSA) is 61.4 Å². The van der Waals surface area contributed by atoms with Crippen molar-refractivity contribution in [3.05, 3.63) is 22.7 Å². The fraction of sp³-hybridized carbons (Fsp3) is 0.417. The average molecular weight is 299 g/mol. The van der Waals surface area contributed by atoms with Crippen molar-refractivity contribution in [3.63, 3.8) is 0 Å². The van der Waals surface area contributed by atoms with Gasteiger partial charge < -0.3 is 15.7 Å². The Morgan fingerprint density at radius 1 is 1.47 bits per heavy atom. The van der Waals surface area contributed by atoms with Gasteiger partial charge in [0.05, 0.1) is 16.2 Å². The predicted octanol–water partition coefficient (Wildman–Crippen LogP) is 2.24. The summed E-state index contributed by atoms with van der Waals surface area (Å²) in [5.41, 5.74) is 0.441. The summed E-state index contributed by atoms with van der Waals surface area (Å²) in [4.78, 5) is 11.9. The quantitative estimate of drug-likeness (QED) is 0.734. The molecular formula is C12H15BrN2O2. The van der Waals surface area contributed by atoms with Crippen molar-refractivity contribution < 1.29 is 9.90 Å². The number of hydrogen-bond acceptors (Lipinski definition) is 3. The van der Waals surface area contributed by atoms with Crippen molar-refractivity contribution in [2.45, 2.75) is 25.3 Å². The number of phenolic OH excluding ortho intramolecular Hbond substituents is 1. The maximum Gasteiger partial charge on any atom is 0.241 e. The third kappa shape index (κ3) is 2.98. The highest BCUT2D eigenvalue weighted by Gasteiger charge is 2.21. The van der Waals surface area contributed by atoms with Crippen LogP contribution in [0.1, 0.15) is 19.3 Å². The molecule has 0 spiro atoms. The van der Waals surface area contributed by atoms with Crippen LogP contribution in [0.25, 0.3) is 0 Å². The molecule has 0 aliphatic carbocycles. The largest absolute Gasteiger partial charge is 0.505 e. The lowest BCUT2D eigenvalue weighted by molar-refractivity contribution is -0.118. The molecule has 1 aromatic rings. The second kappa shape index (κ2) is 5.51. The third-order valence-corrected chi connectivity index (χ3v) is 3.51. The van der Waals surface area contributed by atoms with Crippen molar-refractivity contribution in [1.29, 1.82) is 0 Å². The highest BCUT2D eigenvalue weighted by molar-refractivity contribution is 9.10. The van der Waals surface area contributed by atoms with E-state index in [9.17, 15) is 9.90 Å². The minimum Gasteiger partial charge on any atom is -0.505 e. The highest BCUT2D eigenvalue weighted by atomic mass is 79.9. The molecular weight excluding hydrogens is 284 g/mol. The first kappa shape index (κ1) is 12.4. The van der Waals surface area contributed by atoms with Crippen molar-refractivity contribution in [2.75, 3.05) is 11.9 Å². The fourth-order valence-electron chi connectivity index (χ4n) is 1.91. The number of piperidine rings is 1. The number of carbonyl (C=O) groups is 1. The van der Waals surface area contributed by atoms with Crippen molar-refractivity contribution in [3.8, 4) is 5.75 Å². The van der Waals surface area contributed by atoms with E-state index in [1.165, 1.54) is 0 Å². The fourth-order valence-corrected chi connectivity index (χ4v) is 2.28. The number of aromatic hydroxyl groups is 1. The minimum atomic E-state index is -0.151. The average Bonchev–Trinajstić information content (AvgIpc) is 2.36. The van der Waals surface area contributed by atoms with Crippen molar-refractivity contribution in [1.82, 2.24) is 5.32 Å². The summed E-state index contributed by atoms with van der Waals surface area (Å²) in [6, 6.07) is 5.03. The van der Waals surface area contributed by atoms with E-state index >= 15 is 0 Å². The highest BCUT2D eigenvalue weighted by Crippen LogP contribution is 2.31. The van der Waals surface area contributed by atoms with Crippen molar-refractivity contribution in [2.24, 2.45) is 0 Å². The molecule has 1 saturated heterocycles. The molecule has 92 valence electrons. The zero-order valence-corrected chi connectivity index (χ0v) is 11.0. The van der Waals surface area contributed by atoms with Gasteiger partial charge in [-0.25, -0.2) is 0 Å². The number of benzene rings is 1. The zero-order chi connectivity index (χ0) is 12.3. The van der Waals surface area contributed by atoms with Gasteiger partial charge in [0.15, 0.2) is 5.75 Å². The number of phenols is 1. The van der Waals surface area contributed by atoms with E-state index in [4.69, 9.17) is 0 Å². The Hall–Kier alpha value is -1.07. The van der Waals surface area contributed by atoms with E-state index in [0.29, 0.717) is 10.2 Å². The number of anilines is 1. The molecule has 1 amide bonds. The minimum absolute atomic E-state index is 0.0664. The number of hydrogen-bond donors (Lipinski definition) is 3. The third-order valence-electron chi connectivity index (χ3n) is 2.87. The maximum atomic E-state index is 11.9. The predicted molar refractivity (Wildman–Crippen MR) is 70.1 cm³/mol. The summed E-state index contributed by atoms with van der Waals surface area (Å²) in [7, 11) is 0. The van der Waals surface area contributed by atoms with Gasteiger partial charge >= 0.3 is 0 Å². The van der Waals surface area contributed by atoms with Gasteiger partial charge in [-0.15, -0.1) is 0 Å². The summed E-state index contributed by atoms with van der Waals surface area (Å²) in [6.45, 7) is 0.878. The molecule has 0 bridgehead atoms. The molecule has 1 atom stereocenters. The van der Waals surface area contributed by atoms with Gasteiger partial charge in [0.2, 0.25) is 5.91 Å². The van der Waals surface area contributed by atoms with Crippen molar-refractivity contribution >= 4 is 27.5 Å². The molecule has 17 heavy (non-hydrogen) atoms. The molecule has 1 heterocycles. The number of carbonyl (C=O) groups excluding carboxylic acids is 1. The van der Waals surface area contributed by atoms with Gasteiger partial charge in [-0.05, 0) is 47.4 Å². The Morgan fingerprint density at radius 2 is 2.29 bits per heavy atom. The van der Waals surface area contributed by atoms with Gasteiger partial charge in [-0.2, -0.15) is 0 Å².